The third kappa shape index (κ3) is 4.37. The summed E-state index contributed by atoms with van der Waals surface area (Å²) in [5.41, 5.74) is -3.77. The SMILES string of the molecule is CC1(C)CC(=O)C2=C(C1)N(CC1CCCO1)C(=O)C2(NC(=O)CCc1ccccc1)C(F)(F)F. The molecule has 2 atom stereocenters. The first-order chi connectivity index (χ1) is 15.9. The fraction of sp³-hybridized carbons (Fsp3) is 0.560. The molecular weight excluding hydrogens is 449 g/mol. The van der Waals surface area contributed by atoms with Crippen LogP contribution < -0.4 is 5.32 Å². The lowest BCUT2D eigenvalue weighted by Gasteiger charge is -2.35. The fourth-order valence-corrected chi connectivity index (χ4v) is 5.19. The summed E-state index contributed by atoms with van der Waals surface area (Å²) in [6, 6.07) is 8.88. The van der Waals surface area contributed by atoms with Crippen LogP contribution in [0.2, 0.25) is 0 Å². The molecule has 184 valence electrons. The third-order valence-electron chi connectivity index (χ3n) is 6.77. The second kappa shape index (κ2) is 8.83. The van der Waals surface area contributed by atoms with E-state index in [2.05, 4.69) is 0 Å². The number of rotatable bonds is 6. The van der Waals surface area contributed by atoms with Gasteiger partial charge in [0.2, 0.25) is 11.4 Å². The van der Waals surface area contributed by atoms with Gasteiger partial charge >= 0.3 is 6.18 Å². The highest BCUT2D eigenvalue weighted by Gasteiger charge is 2.71. The molecule has 1 aromatic carbocycles. The van der Waals surface area contributed by atoms with E-state index < -0.39 is 46.4 Å². The number of amides is 2. The highest BCUT2D eigenvalue weighted by atomic mass is 19.4. The third-order valence-corrected chi connectivity index (χ3v) is 6.77. The molecule has 34 heavy (non-hydrogen) atoms. The summed E-state index contributed by atoms with van der Waals surface area (Å²) in [6.45, 7) is 3.98. The largest absolute Gasteiger partial charge is 0.425 e. The standard InChI is InChI=1S/C25H29F3N2O4/c1-23(2)13-18-21(19(31)14-23)24(25(26,27)28,22(33)30(18)15-17-9-6-12-34-17)29-20(32)11-10-16-7-4-3-5-8-16/h3-5,7-8,17H,6,9-15H2,1-2H3,(H,29,32). The number of ketones is 1. The number of alkyl halides is 3. The van der Waals surface area contributed by atoms with Gasteiger partial charge in [-0.25, -0.2) is 0 Å². The van der Waals surface area contributed by atoms with Crippen LogP contribution in [0.15, 0.2) is 41.6 Å². The maximum Gasteiger partial charge on any atom is 0.425 e. The average molecular weight is 479 g/mol. The molecule has 6 nitrogen and oxygen atoms in total. The topological polar surface area (TPSA) is 75.7 Å². The summed E-state index contributed by atoms with van der Waals surface area (Å²) in [6.07, 6.45) is -4.26. The van der Waals surface area contributed by atoms with Crippen molar-refractivity contribution in [1.82, 2.24) is 10.2 Å². The van der Waals surface area contributed by atoms with Crippen LogP contribution in [0.3, 0.4) is 0 Å². The Morgan fingerprint density at radius 3 is 2.50 bits per heavy atom. The molecule has 0 saturated carbocycles. The van der Waals surface area contributed by atoms with Crippen LogP contribution in [0.25, 0.3) is 0 Å². The number of nitrogens with one attached hydrogen (secondary N) is 1. The van der Waals surface area contributed by atoms with Gasteiger partial charge in [-0.1, -0.05) is 44.2 Å². The summed E-state index contributed by atoms with van der Waals surface area (Å²) in [4.78, 5) is 40.5. The van der Waals surface area contributed by atoms with Gasteiger partial charge in [-0.15, -0.1) is 0 Å². The van der Waals surface area contributed by atoms with Gasteiger partial charge in [0.15, 0.2) is 5.78 Å². The maximum absolute atomic E-state index is 14.7. The Morgan fingerprint density at radius 2 is 1.88 bits per heavy atom. The van der Waals surface area contributed by atoms with Crippen molar-refractivity contribution in [2.24, 2.45) is 5.41 Å². The van der Waals surface area contributed by atoms with Crippen molar-refractivity contribution in [2.75, 3.05) is 13.2 Å². The van der Waals surface area contributed by atoms with Crippen molar-refractivity contribution in [1.29, 1.82) is 0 Å². The second-order valence-corrected chi connectivity index (χ2v) is 10.1. The van der Waals surface area contributed by atoms with Gasteiger partial charge in [0.25, 0.3) is 5.91 Å². The Kier molecular flexibility index (Phi) is 6.35. The lowest BCUT2D eigenvalue weighted by atomic mass is 9.72. The molecule has 2 amide bonds. The molecule has 2 aliphatic heterocycles. The maximum atomic E-state index is 14.7. The molecule has 4 rings (SSSR count). The van der Waals surface area contributed by atoms with Crippen LogP contribution >= 0.6 is 0 Å². The molecule has 3 aliphatic rings. The van der Waals surface area contributed by atoms with Crippen molar-refractivity contribution in [3.05, 3.63) is 47.2 Å². The minimum atomic E-state index is -5.19. The van der Waals surface area contributed by atoms with Crippen LogP contribution in [0.5, 0.6) is 0 Å². The first kappa shape index (κ1) is 24.4. The Bertz CT molecular complexity index is 1010. The normalized spacial score (nSPS) is 26.7. The molecule has 1 aliphatic carbocycles. The lowest BCUT2D eigenvalue weighted by Crippen LogP contribution is -2.66. The number of allylic oxidation sites excluding steroid dienone is 1. The summed E-state index contributed by atoms with van der Waals surface area (Å²) >= 11 is 0. The minimum absolute atomic E-state index is 0.0578. The molecule has 9 heteroatoms. The Morgan fingerprint density at radius 1 is 1.18 bits per heavy atom. The van der Waals surface area contributed by atoms with Gasteiger partial charge in [-0.3, -0.25) is 14.4 Å². The van der Waals surface area contributed by atoms with Crippen molar-refractivity contribution >= 4 is 17.6 Å². The highest BCUT2D eigenvalue weighted by Crippen LogP contribution is 2.51. The molecule has 1 fully saturated rings. The molecule has 1 N–H and O–H groups in total. The van der Waals surface area contributed by atoms with Gasteiger partial charge < -0.3 is 15.0 Å². The number of nitrogens with zero attached hydrogens (tertiary/aromatic N) is 1. The van der Waals surface area contributed by atoms with Gasteiger partial charge in [0, 0.05) is 25.1 Å². The summed E-state index contributed by atoms with van der Waals surface area (Å²) in [5.74, 6) is -3.01. The zero-order valence-corrected chi connectivity index (χ0v) is 19.3. The average Bonchev–Trinajstić information content (AvgIpc) is 3.33. The van der Waals surface area contributed by atoms with Crippen LogP contribution in [-0.2, 0) is 25.5 Å². The number of hydrogen-bond acceptors (Lipinski definition) is 4. The predicted octanol–water partition coefficient (Wildman–Crippen LogP) is 3.70. The van der Waals surface area contributed by atoms with Gasteiger partial charge in [0.1, 0.15) is 0 Å². The van der Waals surface area contributed by atoms with Gasteiger partial charge in [-0.05, 0) is 36.7 Å². The smallest absolute Gasteiger partial charge is 0.376 e. The first-order valence-electron chi connectivity index (χ1n) is 11.6. The van der Waals surface area contributed by atoms with E-state index in [-0.39, 0.29) is 37.9 Å². The predicted molar refractivity (Wildman–Crippen MR) is 117 cm³/mol. The number of hydrogen-bond donors (Lipinski definition) is 1. The van der Waals surface area contributed by atoms with E-state index >= 15 is 0 Å². The van der Waals surface area contributed by atoms with E-state index in [9.17, 15) is 27.6 Å². The number of Topliss-reactive ketones (excluding diaryl/α,β-unsaturated/α-hetero) is 1. The van der Waals surface area contributed by atoms with Crippen LogP contribution in [0, 0.1) is 5.41 Å². The Hall–Kier alpha value is -2.68. The zero-order chi connectivity index (χ0) is 24.7. The number of ether oxygens (including phenoxy) is 1. The van der Waals surface area contributed by atoms with Gasteiger partial charge in [-0.2, -0.15) is 13.2 Å². The van der Waals surface area contributed by atoms with E-state index in [0.29, 0.717) is 13.0 Å². The molecule has 0 bridgehead atoms. The molecule has 1 aromatic rings. The number of carbonyl (C=O) groups is 3. The number of benzene rings is 1. The molecule has 2 unspecified atom stereocenters. The zero-order valence-electron chi connectivity index (χ0n) is 19.3. The highest BCUT2D eigenvalue weighted by molar-refractivity contribution is 6.13. The van der Waals surface area contributed by atoms with E-state index in [0.717, 1.165) is 16.9 Å². The Balaban J connectivity index is 1.70. The monoisotopic (exact) mass is 478 g/mol. The van der Waals surface area contributed by atoms with Crippen LogP contribution in [0.1, 0.15) is 51.5 Å². The van der Waals surface area contributed by atoms with E-state index in [1.165, 1.54) is 0 Å². The fourth-order valence-electron chi connectivity index (χ4n) is 5.19. The quantitative estimate of drug-likeness (QED) is 0.677. The number of halogens is 3. The van der Waals surface area contributed by atoms with Crippen molar-refractivity contribution < 1.29 is 32.3 Å². The van der Waals surface area contributed by atoms with Crippen molar-refractivity contribution in [2.45, 2.75) is 70.2 Å². The molecule has 0 aromatic heterocycles. The van der Waals surface area contributed by atoms with E-state index in [1.807, 2.05) is 5.32 Å². The minimum Gasteiger partial charge on any atom is -0.376 e. The number of aryl methyl sites for hydroxylation is 1. The van der Waals surface area contributed by atoms with E-state index in [1.54, 1.807) is 44.2 Å². The van der Waals surface area contributed by atoms with Crippen molar-refractivity contribution in [3.63, 3.8) is 0 Å². The molecule has 0 spiro atoms. The summed E-state index contributed by atoms with van der Waals surface area (Å²) < 4.78 is 49.8. The van der Waals surface area contributed by atoms with Crippen LogP contribution in [0.4, 0.5) is 13.2 Å². The summed E-state index contributed by atoms with van der Waals surface area (Å²) in [7, 11) is 0. The molecule has 1 saturated heterocycles. The second-order valence-electron chi connectivity index (χ2n) is 10.1. The molecule has 0 radical (unpaired) electrons. The first-order valence-corrected chi connectivity index (χ1v) is 11.6. The Labute approximate surface area is 196 Å². The van der Waals surface area contributed by atoms with Crippen molar-refractivity contribution in [3.8, 4) is 0 Å². The van der Waals surface area contributed by atoms with Gasteiger partial charge in [0.05, 0.1) is 18.2 Å². The number of carbonyl (C=O) groups excluding carboxylic acids is 3. The van der Waals surface area contributed by atoms with E-state index in [4.69, 9.17) is 4.74 Å². The van der Waals surface area contributed by atoms with Crippen LogP contribution in [-0.4, -0.2) is 53.5 Å². The molecular formula is C25H29F3N2O4. The molecule has 2 heterocycles. The lowest BCUT2D eigenvalue weighted by molar-refractivity contribution is -0.195. The summed E-state index contributed by atoms with van der Waals surface area (Å²) in [5, 5.41) is 1.99.